The van der Waals surface area contributed by atoms with Crippen LogP contribution < -0.4 is 4.90 Å². The second-order valence-electron chi connectivity index (χ2n) is 8.71. The highest BCUT2D eigenvalue weighted by molar-refractivity contribution is 7.81. The van der Waals surface area contributed by atoms with Crippen molar-refractivity contribution in [1.29, 1.82) is 0 Å². The molecule has 5 rings (SSSR count). The van der Waals surface area contributed by atoms with Gasteiger partial charge < -0.3 is 9.32 Å². The smallest absolute Gasteiger partial charge is 0.417 e. The second kappa shape index (κ2) is 9.14. The summed E-state index contributed by atoms with van der Waals surface area (Å²) in [6.45, 7) is 2.80. The summed E-state index contributed by atoms with van der Waals surface area (Å²) in [5.41, 5.74) is 2.09. The first-order valence-corrected chi connectivity index (χ1v) is 12.7. The van der Waals surface area contributed by atoms with Gasteiger partial charge in [-0.25, -0.2) is 13.5 Å². The molecule has 0 aliphatic carbocycles. The lowest BCUT2D eigenvalue weighted by Gasteiger charge is -2.32. The van der Waals surface area contributed by atoms with Crippen molar-refractivity contribution in [3.8, 4) is 0 Å². The zero-order valence-electron chi connectivity index (χ0n) is 18.7. The molecule has 1 unspecified atom stereocenters. The van der Waals surface area contributed by atoms with Crippen LogP contribution in [0.25, 0.3) is 16.5 Å². The SMILES string of the molecule is CS(=O)N1CC=C(c2cc3cc(C4CCN(c5ccc(C(F)(F)F)cn5)CC4)oc3cn2)CC1. The Morgan fingerprint density at radius 2 is 1.88 bits per heavy atom. The molecule has 0 bridgehead atoms. The summed E-state index contributed by atoms with van der Waals surface area (Å²) in [5, 5.41) is 1.01. The zero-order chi connectivity index (χ0) is 23.9. The van der Waals surface area contributed by atoms with Gasteiger partial charge in [0, 0.05) is 49.9 Å². The summed E-state index contributed by atoms with van der Waals surface area (Å²) < 4.78 is 58.0. The van der Waals surface area contributed by atoms with Gasteiger partial charge in [0.15, 0.2) is 5.58 Å². The third-order valence-electron chi connectivity index (χ3n) is 6.58. The maximum absolute atomic E-state index is 12.8. The second-order valence-corrected chi connectivity index (χ2v) is 10.1. The Balaban J connectivity index is 1.25. The maximum atomic E-state index is 12.8. The molecule has 1 fully saturated rings. The minimum Gasteiger partial charge on any atom is -0.459 e. The molecule has 180 valence electrons. The summed E-state index contributed by atoms with van der Waals surface area (Å²) in [7, 11) is -0.964. The van der Waals surface area contributed by atoms with E-state index in [9.17, 15) is 17.4 Å². The number of anilines is 1. The molecule has 34 heavy (non-hydrogen) atoms. The average molecular weight is 491 g/mol. The van der Waals surface area contributed by atoms with E-state index in [2.05, 4.69) is 22.1 Å². The predicted octanol–water partition coefficient (Wildman–Crippen LogP) is 5.01. The summed E-state index contributed by atoms with van der Waals surface area (Å²) in [6, 6.07) is 6.65. The van der Waals surface area contributed by atoms with Crippen molar-refractivity contribution < 1.29 is 21.8 Å². The highest BCUT2D eigenvalue weighted by Crippen LogP contribution is 2.35. The normalized spacial score (nSPS) is 19.4. The van der Waals surface area contributed by atoms with Crippen LogP contribution in [-0.4, -0.2) is 50.9 Å². The first-order chi connectivity index (χ1) is 16.3. The summed E-state index contributed by atoms with van der Waals surface area (Å²) in [6.07, 6.45) is 4.53. The maximum Gasteiger partial charge on any atom is 0.417 e. The molecule has 6 nitrogen and oxygen atoms in total. The molecule has 5 heterocycles. The standard InChI is InChI=1S/C24H25F3N4O2S/c1-34(32)31-10-6-16(7-11-31)20-12-18-13-21(33-22(18)15-28-20)17-4-8-30(9-5-17)23-3-2-19(14-29-23)24(25,26)27/h2-3,6,12-15,17H,4-5,7-11H2,1H3. The predicted molar refractivity (Wildman–Crippen MR) is 126 cm³/mol. The number of alkyl halides is 3. The third kappa shape index (κ3) is 4.74. The summed E-state index contributed by atoms with van der Waals surface area (Å²) >= 11 is 0. The fraction of sp³-hybridized carbons (Fsp3) is 0.417. The highest BCUT2D eigenvalue weighted by atomic mass is 32.2. The summed E-state index contributed by atoms with van der Waals surface area (Å²) in [4.78, 5) is 10.6. The number of hydrogen-bond acceptors (Lipinski definition) is 5. The van der Waals surface area contributed by atoms with Crippen LogP contribution in [0.4, 0.5) is 19.0 Å². The van der Waals surface area contributed by atoms with Gasteiger partial charge in [0.25, 0.3) is 0 Å². The van der Waals surface area contributed by atoms with E-state index < -0.39 is 22.7 Å². The lowest BCUT2D eigenvalue weighted by molar-refractivity contribution is -0.137. The van der Waals surface area contributed by atoms with Crippen LogP contribution in [0.15, 0.2) is 47.2 Å². The van der Waals surface area contributed by atoms with Gasteiger partial charge in [-0.15, -0.1) is 0 Å². The fourth-order valence-corrected chi connectivity index (χ4v) is 5.23. The van der Waals surface area contributed by atoms with Gasteiger partial charge >= 0.3 is 6.18 Å². The van der Waals surface area contributed by atoms with Crippen LogP contribution in [0.1, 0.15) is 42.2 Å². The van der Waals surface area contributed by atoms with Crippen molar-refractivity contribution in [1.82, 2.24) is 14.3 Å². The van der Waals surface area contributed by atoms with E-state index in [1.165, 1.54) is 6.07 Å². The van der Waals surface area contributed by atoms with Gasteiger partial charge in [0.05, 0.1) is 28.4 Å². The molecule has 0 spiro atoms. The van der Waals surface area contributed by atoms with E-state index in [0.29, 0.717) is 25.5 Å². The lowest BCUT2D eigenvalue weighted by Crippen LogP contribution is -2.33. The molecule has 0 saturated carbocycles. The molecule has 0 aromatic carbocycles. The molecule has 0 radical (unpaired) electrons. The minimum absolute atomic E-state index is 0.239. The molecular formula is C24H25F3N4O2S. The van der Waals surface area contributed by atoms with E-state index in [4.69, 9.17) is 4.42 Å². The number of halogens is 3. The van der Waals surface area contributed by atoms with Gasteiger partial charge in [-0.1, -0.05) is 6.08 Å². The Bertz CT molecular complexity index is 1230. The first kappa shape index (κ1) is 23.0. The Labute approximate surface area is 198 Å². The van der Waals surface area contributed by atoms with Crippen LogP contribution in [0.2, 0.25) is 0 Å². The number of pyridine rings is 2. The van der Waals surface area contributed by atoms with Gasteiger partial charge in [-0.05, 0) is 49.1 Å². The Kier molecular flexibility index (Phi) is 6.20. The Morgan fingerprint density at radius 3 is 2.50 bits per heavy atom. The van der Waals surface area contributed by atoms with Gasteiger partial charge in [0.1, 0.15) is 11.6 Å². The molecule has 0 amide bonds. The van der Waals surface area contributed by atoms with Gasteiger partial charge in [0.2, 0.25) is 0 Å². The molecule has 2 aliphatic rings. The fourth-order valence-electron chi connectivity index (χ4n) is 4.59. The molecule has 1 atom stereocenters. The third-order valence-corrected chi connectivity index (χ3v) is 7.64. The van der Waals surface area contributed by atoms with Crippen molar-refractivity contribution in [3.05, 3.63) is 59.8 Å². The monoisotopic (exact) mass is 490 g/mol. The molecule has 1 saturated heterocycles. The Morgan fingerprint density at radius 1 is 1.09 bits per heavy atom. The number of fused-ring (bicyclic) bond motifs is 1. The van der Waals surface area contributed by atoms with Crippen LogP contribution in [0.3, 0.4) is 0 Å². The number of nitrogens with zero attached hydrogens (tertiary/aromatic N) is 4. The van der Waals surface area contributed by atoms with Crippen molar-refractivity contribution in [3.63, 3.8) is 0 Å². The van der Waals surface area contributed by atoms with E-state index in [-0.39, 0.29) is 5.92 Å². The van der Waals surface area contributed by atoms with E-state index in [0.717, 1.165) is 66.1 Å². The van der Waals surface area contributed by atoms with Crippen LogP contribution in [0.5, 0.6) is 0 Å². The van der Waals surface area contributed by atoms with Gasteiger partial charge in [-0.2, -0.15) is 13.2 Å². The zero-order valence-corrected chi connectivity index (χ0v) is 19.5. The molecular weight excluding hydrogens is 465 g/mol. The topological polar surface area (TPSA) is 62.5 Å². The molecule has 10 heteroatoms. The Hall–Kier alpha value is -2.72. The van der Waals surface area contributed by atoms with Crippen molar-refractivity contribution >= 4 is 33.3 Å². The van der Waals surface area contributed by atoms with E-state index in [1.54, 1.807) is 12.5 Å². The largest absolute Gasteiger partial charge is 0.459 e. The quantitative estimate of drug-likeness (QED) is 0.515. The number of piperidine rings is 1. The molecule has 0 N–H and O–H groups in total. The van der Waals surface area contributed by atoms with Crippen molar-refractivity contribution in [2.45, 2.75) is 31.4 Å². The number of hydrogen-bond donors (Lipinski definition) is 0. The highest BCUT2D eigenvalue weighted by Gasteiger charge is 2.31. The average Bonchev–Trinajstić information content (AvgIpc) is 3.27. The van der Waals surface area contributed by atoms with Crippen molar-refractivity contribution in [2.24, 2.45) is 0 Å². The molecule has 3 aromatic rings. The number of furan rings is 1. The van der Waals surface area contributed by atoms with Crippen molar-refractivity contribution in [2.75, 3.05) is 37.3 Å². The molecule has 2 aliphatic heterocycles. The molecule has 3 aromatic heterocycles. The van der Waals surface area contributed by atoms with Crippen LogP contribution >= 0.6 is 0 Å². The first-order valence-electron chi connectivity index (χ1n) is 11.2. The summed E-state index contributed by atoms with van der Waals surface area (Å²) in [5.74, 6) is 1.72. The van der Waals surface area contributed by atoms with E-state index >= 15 is 0 Å². The van der Waals surface area contributed by atoms with E-state index in [1.807, 2.05) is 15.3 Å². The minimum atomic E-state index is -4.38. The lowest BCUT2D eigenvalue weighted by atomic mass is 9.94. The van der Waals surface area contributed by atoms with Crippen LogP contribution in [-0.2, 0) is 17.2 Å². The number of rotatable bonds is 4. The number of aromatic nitrogens is 2. The van der Waals surface area contributed by atoms with Gasteiger partial charge in [-0.3, -0.25) is 4.98 Å². The van der Waals surface area contributed by atoms with Crippen LogP contribution in [0, 0.1) is 0 Å².